The molecule has 2 amide bonds. The Morgan fingerprint density at radius 3 is 2.41 bits per heavy atom. The Morgan fingerprint density at radius 2 is 1.78 bits per heavy atom. The summed E-state index contributed by atoms with van der Waals surface area (Å²) in [6.07, 6.45) is 0.898. The molecule has 0 saturated carbocycles. The highest BCUT2D eigenvalue weighted by Gasteiger charge is 2.25. The third-order valence-corrected chi connectivity index (χ3v) is 4.85. The first kappa shape index (κ1) is 18.9. The molecule has 27 heavy (non-hydrogen) atoms. The number of fused-ring (bicyclic) bond motifs is 1. The van der Waals surface area contributed by atoms with Crippen molar-refractivity contribution >= 4 is 23.2 Å². The van der Waals surface area contributed by atoms with Gasteiger partial charge in [-0.15, -0.1) is 0 Å². The summed E-state index contributed by atoms with van der Waals surface area (Å²) >= 11 is 0. The molecule has 2 aromatic rings. The van der Waals surface area contributed by atoms with Gasteiger partial charge in [-0.25, -0.2) is 0 Å². The second-order valence-electron chi connectivity index (χ2n) is 6.77. The van der Waals surface area contributed by atoms with Gasteiger partial charge in [0.15, 0.2) is 0 Å². The smallest absolute Gasteiger partial charge is 0.238 e. The highest BCUT2D eigenvalue weighted by Crippen LogP contribution is 2.31. The lowest BCUT2D eigenvalue weighted by atomic mass is 9.93. The molecule has 1 aliphatic heterocycles. The molecule has 1 unspecified atom stereocenters. The molecular formula is C21H25N3O3. The van der Waals surface area contributed by atoms with Gasteiger partial charge in [0, 0.05) is 30.9 Å². The zero-order valence-corrected chi connectivity index (χ0v) is 15.9. The summed E-state index contributed by atoms with van der Waals surface area (Å²) in [5.74, 6) is 0.699. The van der Waals surface area contributed by atoms with E-state index in [9.17, 15) is 9.59 Å². The number of nitrogens with one attached hydrogen (secondary N) is 2. The van der Waals surface area contributed by atoms with E-state index >= 15 is 0 Å². The molecule has 0 radical (unpaired) electrons. The molecule has 6 nitrogen and oxygen atoms in total. The summed E-state index contributed by atoms with van der Waals surface area (Å²) in [7, 11) is 1.67. The maximum absolute atomic E-state index is 12.5. The van der Waals surface area contributed by atoms with Crippen LogP contribution in [0.3, 0.4) is 0 Å². The first-order chi connectivity index (χ1) is 13.0. The lowest BCUT2D eigenvalue weighted by molar-refractivity contribution is -0.118. The van der Waals surface area contributed by atoms with Gasteiger partial charge in [-0.1, -0.05) is 6.07 Å². The number of nitrogens with zero attached hydrogens (tertiary/aromatic N) is 1. The number of rotatable bonds is 5. The summed E-state index contributed by atoms with van der Waals surface area (Å²) in [6, 6.07) is 13.4. The Morgan fingerprint density at radius 1 is 1.11 bits per heavy atom. The quantitative estimate of drug-likeness (QED) is 0.851. The SMILES string of the molecule is COc1ccc2c(c1)CCN(CC(=O)Nc1ccc(NC(C)=O)cc1)C2C. The van der Waals surface area contributed by atoms with Crippen LogP contribution in [0.2, 0.25) is 0 Å². The molecule has 0 fully saturated rings. The Bertz CT molecular complexity index is 833. The van der Waals surface area contributed by atoms with Gasteiger partial charge >= 0.3 is 0 Å². The first-order valence-corrected chi connectivity index (χ1v) is 9.04. The van der Waals surface area contributed by atoms with Crippen LogP contribution in [0.5, 0.6) is 5.75 Å². The zero-order chi connectivity index (χ0) is 19.4. The Labute approximate surface area is 159 Å². The Balaban J connectivity index is 1.60. The van der Waals surface area contributed by atoms with E-state index in [0.717, 1.165) is 18.7 Å². The van der Waals surface area contributed by atoms with Crippen molar-refractivity contribution in [2.45, 2.75) is 26.3 Å². The number of hydrogen-bond donors (Lipinski definition) is 2. The molecule has 0 aromatic heterocycles. The van der Waals surface area contributed by atoms with Gasteiger partial charge in [0.1, 0.15) is 5.75 Å². The predicted molar refractivity (Wildman–Crippen MR) is 106 cm³/mol. The van der Waals surface area contributed by atoms with Crippen LogP contribution in [-0.2, 0) is 16.0 Å². The van der Waals surface area contributed by atoms with Crippen LogP contribution in [0, 0.1) is 0 Å². The van der Waals surface area contributed by atoms with Crippen LogP contribution in [0.4, 0.5) is 11.4 Å². The fraction of sp³-hybridized carbons (Fsp3) is 0.333. The second-order valence-corrected chi connectivity index (χ2v) is 6.77. The summed E-state index contributed by atoms with van der Waals surface area (Å²) < 4.78 is 5.30. The molecule has 2 N–H and O–H groups in total. The second kappa shape index (κ2) is 8.22. The van der Waals surface area contributed by atoms with Crippen LogP contribution in [-0.4, -0.2) is 36.9 Å². The van der Waals surface area contributed by atoms with Crippen molar-refractivity contribution in [1.82, 2.24) is 4.90 Å². The van der Waals surface area contributed by atoms with Gasteiger partial charge in [0.05, 0.1) is 13.7 Å². The standard InChI is InChI=1S/C21H25N3O3/c1-14-20-9-8-19(27-3)12-16(20)10-11-24(14)13-21(26)23-18-6-4-17(5-7-18)22-15(2)25/h4-9,12,14H,10-11,13H2,1-3H3,(H,22,25)(H,23,26). The Kier molecular flexibility index (Phi) is 5.76. The lowest BCUT2D eigenvalue weighted by Crippen LogP contribution is -2.39. The van der Waals surface area contributed by atoms with Crippen LogP contribution in [0.1, 0.15) is 31.0 Å². The zero-order valence-electron chi connectivity index (χ0n) is 15.9. The van der Waals surface area contributed by atoms with Crippen molar-refractivity contribution in [1.29, 1.82) is 0 Å². The van der Waals surface area contributed by atoms with Crippen molar-refractivity contribution in [2.75, 3.05) is 30.8 Å². The third kappa shape index (κ3) is 4.65. The first-order valence-electron chi connectivity index (χ1n) is 9.04. The van der Waals surface area contributed by atoms with Gasteiger partial charge in [-0.05, 0) is 60.9 Å². The van der Waals surface area contributed by atoms with Gasteiger partial charge in [0.2, 0.25) is 11.8 Å². The van der Waals surface area contributed by atoms with Crippen molar-refractivity contribution in [3.63, 3.8) is 0 Å². The van der Waals surface area contributed by atoms with E-state index in [1.54, 1.807) is 31.4 Å². The van der Waals surface area contributed by atoms with Gasteiger partial charge in [-0.3, -0.25) is 14.5 Å². The highest BCUT2D eigenvalue weighted by molar-refractivity contribution is 5.93. The van der Waals surface area contributed by atoms with Gasteiger partial charge < -0.3 is 15.4 Å². The number of amides is 2. The molecule has 0 bridgehead atoms. The van der Waals surface area contributed by atoms with Gasteiger partial charge in [0.25, 0.3) is 0 Å². The van der Waals surface area contributed by atoms with Crippen LogP contribution >= 0.6 is 0 Å². The lowest BCUT2D eigenvalue weighted by Gasteiger charge is -2.34. The number of hydrogen-bond acceptors (Lipinski definition) is 4. The fourth-order valence-corrected chi connectivity index (χ4v) is 3.43. The topological polar surface area (TPSA) is 70.7 Å². The van der Waals surface area contributed by atoms with Crippen LogP contribution in [0.15, 0.2) is 42.5 Å². The molecular weight excluding hydrogens is 342 g/mol. The van der Waals surface area contributed by atoms with E-state index in [-0.39, 0.29) is 17.9 Å². The minimum absolute atomic E-state index is 0.0499. The molecule has 0 spiro atoms. The molecule has 2 aromatic carbocycles. The van der Waals surface area contributed by atoms with Crippen molar-refractivity contribution < 1.29 is 14.3 Å². The molecule has 6 heteroatoms. The number of carbonyl (C=O) groups is 2. The molecule has 1 heterocycles. The maximum atomic E-state index is 12.5. The van der Waals surface area contributed by atoms with E-state index in [1.807, 2.05) is 6.07 Å². The maximum Gasteiger partial charge on any atom is 0.238 e. The summed E-state index contributed by atoms with van der Waals surface area (Å²) in [6.45, 7) is 4.75. The summed E-state index contributed by atoms with van der Waals surface area (Å²) in [5.41, 5.74) is 3.95. The third-order valence-electron chi connectivity index (χ3n) is 4.85. The van der Waals surface area contributed by atoms with Gasteiger partial charge in [-0.2, -0.15) is 0 Å². The molecule has 142 valence electrons. The van der Waals surface area contributed by atoms with E-state index in [4.69, 9.17) is 4.74 Å². The van der Waals surface area contributed by atoms with E-state index in [0.29, 0.717) is 17.9 Å². The summed E-state index contributed by atoms with van der Waals surface area (Å²) in [5, 5.41) is 5.62. The normalized spacial score (nSPS) is 16.3. The number of carbonyl (C=O) groups excluding carboxylic acids is 2. The summed E-state index contributed by atoms with van der Waals surface area (Å²) in [4.78, 5) is 25.7. The van der Waals surface area contributed by atoms with Crippen molar-refractivity contribution in [3.8, 4) is 5.75 Å². The largest absolute Gasteiger partial charge is 0.497 e. The Hall–Kier alpha value is -2.86. The monoisotopic (exact) mass is 367 g/mol. The number of benzene rings is 2. The number of methoxy groups -OCH3 is 1. The van der Waals surface area contributed by atoms with E-state index in [2.05, 4.69) is 34.6 Å². The molecule has 3 rings (SSSR count). The van der Waals surface area contributed by atoms with Crippen molar-refractivity contribution in [2.24, 2.45) is 0 Å². The van der Waals surface area contributed by atoms with Crippen LogP contribution in [0.25, 0.3) is 0 Å². The average Bonchev–Trinajstić information content (AvgIpc) is 2.65. The highest BCUT2D eigenvalue weighted by atomic mass is 16.5. The molecule has 0 saturated heterocycles. The minimum atomic E-state index is -0.122. The molecule has 1 aliphatic rings. The van der Waals surface area contributed by atoms with Crippen molar-refractivity contribution in [3.05, 3.63) is 53.6 Å². The number of anilines is 2. The minimum Gasteiger partial charge on any atom is -0.497 e. The molecule has 0 aliphatic carbocycles. The van der Waals surface area contributed by atoms with E-state index < -0.39 is 0 Å². The van der Waals surface area contributed by atoms with E-state index in [1.165, 1.54) is 18.1 Å². The average molecular weight is 367 g/mol. The predicted octanol–water partition coefficient (Wildman–Crippen LogP) is 3.21. The molecule has 1 atom stereocenters. The fourth-order valence-electron chi connectivity index (χ4n) is 3.43. The number of ether oxygens (including phenoxy) is 1. The van der Waals surface area contributed by atoms with Crippen LogP contribution < -0.4 is 15.4 Å².